The van der Waals surface area contributed by atoms with Gasteiger partial charge in [-0.15, -0.1) is 21.5 Å². The van der Waals surface area contributed by atoms with E-state index in [1.54, 1.807) is 35.7 Å². The van der Waals surface area contributed by atoms with Crippen LogP contribution in [0.1, 0.15) is 87.5 Å². The number of primary amides is 1. The summed E-state index contributed by atoms with van der Waals surface area (Å²) in [5, 5.41) is 38.0. The number of nitrogens with one attached hydrogen (secondary N) is 1. The fourth-order valence-electron chi connectivity index (χ4n) is 11.0. The summed E-state index contributed by atoms with van der Waals surface area (Å²) in [6.07, 6.45) is 6.16. The SMILES string of the molecule is Cc1ncsc1-c1ccc([C@H](C)Nc2nnc(-c3ccccc3O)cc2N2C[C@H]3CC[C@H](C2)N3c2ccnc(OC3CC(Oc4ccc(C#CCOc5cc([C@@H](C(=O)N6CC(O)CC6C(N)=O)C(C)C)on5)nc4)C3)c2)cc1. The minimum absolute atomic E-state index is 0.00790. The Morgan fingerprint density at radius 2 is 1.68 bits per heavy atom. The number of phenolic OH excluding ortho intramolecular Hbond substituents is 1. The molecule has 5 aromatic heterocycles. The number of amides is 2. The number of anilines is 3. The largest absolute Gasteiger partial charge is 0.507 e. The first-order valence-electron chi connectivity index (χ1n) is 26.4. The number of likely N-dealkylation sites (tertiary alicyclic amines) is 1. The summed E-state index contributed by atoms with van der Waals surface area (Å²) >= 11 is 1.65. The Bertz CT molecular complexity index is 3320. The Labute approximate surface area is 455 Å². The number of nitrogens with zero attached hydrogens (tertiary/aromatic N) is 9. The van der Waals surface area contributed by atoms with E-state index in [-0.39, 0.29) is 79.1 Å². The number of β-amino-alcohol motifs (C(OH)–C–C–N with tert-alkyl or cyclic N) is 1. The van der Waals surface area contributed by atoms with E-state index < -0.39 is 24.0 Å². The van der Waals surface area contributed by atoms with Gasteiger partial charge in [0.15, 0.2) is 18.2 Å². The highest BCUT2D eigenvalue weighted by atomic mass is 32.1. The molecule has 2 bridgehead atoms. The lowest BCUT2D eigenvalue weighted by atomic mass is 9.91. The number of pyridine rings is 2. The van der Waals surface area contributed by atoms with Crippen LogP contribution in [-0.4, -0.2) is 120 Å². The minimum Gasteiger partial charge on any atom is -0.507 e. The third-order valence-corrected chi connectivity index (χ3v) is 16.1. The number of piperazine rings is 1. The highest BCUT2D eigenvalue weighted by Gasteiger charge is 2.44. The van der Waals surface area contributed by atoms with Gasteiger partial charge in [0, 0.05) is 80.6 Å². The summed E-state index contributed by atoms with van der Waals surface area (Å²) in [5.41, 5.74) is 14.5. The number of fused-ring (bicyclic) bond motifs is 2. The van der Waals surface area contributed by atoms with Crippen molar-refractivity contribution >= 4 is 40.3 Å². The lowest BCUT2D eigenvalue weighted by Crippen LogP contribution is -2.54. The van der Waals surface area contributed by atoms with Gasteiger partial charge < -0.3 is 54.7 Å². The highest BCUT2D eigenvalue weighted by Crippen LogP contribution is 2.42. The van der Waals surface area contributed by atoms with Gasteiger partial charge in [-0.3, -0.25) is 9.59 Å². The van der Waals surface area contributed by atoms with Crippen molar-refractivity contribution in [2.24, 2.45) is 11.7 Å². The Kier molecular flexibility index (Phi) is 14.9. The Morgan fingerprint density at radius 3 is 2.40 bits per heavy atom. The lowest BCUT2D eigenvalue weighted by Gasteiger charge is -2.44. The van der Waals surface area contributed by atoms with Gasteiger partial charge >= 0.3 is 0 Å². The van der Waals surface area contributed by atoms with Crippen molar-refractivity contribution in [2.45, 2.75) is 108 Å². The summed E-state index contributed by atoms with van der Waals surface area (Å²) in [5.74, 6) is 6.43. The summed E-state index contributed by atoms with van der Waals surface area (Å²) < 4.78 is 23.8. The lowest BCUT2D eigenvalue weighted by molar-refractivity contribution is -0.139. The van der Waals surface area contributed by atoms with E-state index in [0.29, 0.717) is 47.2 Å². The number of aromatic hydroxyl groups is 1. The number of para-hydroxylation sites is 1. The zero-order chi connectivity index (χ0) is 54.0. The second kappa shape index (κ2) is 22.4. The number of aromatic nitrogens is 6. The first-order valence-corrected chi connectivity index (χ1v) is 27.3. The average Bonchev–Trinajstić information content (AvgIpc) is 4.30. The number of aliphatic hydroxyl groups excluding tert-OH is 1. The molecular formula is C58H61N11O8S. The van der Waals surface area contributed by atoms with E-state index in [9.17, 15) is 19.8 Å². The molecule has 3 saturated heterocycles. The predicted molar refractivity (Wildman–Crippen MR) is 293 cm³/mol. The van der Waals surface area contributed by atoms with Gasteiger partial charge in [-0.2, -0.15) is 0 Å². The molecule has 8 heterocycles. The van der Waals surface area contributed by atoms with Gasteiger partial charge in [0.1, 0.15) is 41.4 Å². The third-order valence-electron chi connectivity index (χ3n) is 15.1. The van der Waals surface area contributed by atoms with Crippen LogP contribution in [0, 0.1) is 24.7 Å². The number of phenols is 1. The molecule has 1 aliphatic carbocycles. The van der Waals surface area contributed by atoms with Crippen molar-refractivity contribution in [3.8, 4) is 56.8 Å². The molecule has 6 atom stereocenters. The van der Waals surface area contributed by atoms with Crippen molar-refractivity contribution in [1.82, 2.24) is 35.2 Å². The number of benzene rings is 2. The average molecular weight is 1070 g/mol. The molecule has 4 aliphatic rings. The normalized spacial score (nSPS) is 21.3. The van der Waals surface area contributed by atoms with Crippen molar-refractivity contribution in [1.29, 1.82) is 0 Å². The molecule has 0 spiro atoms. The maximum atomic E-state index is 13.5. The Morgan fingerprint density at radius 1 is 0.897 bits per heavy atom. The van der Waals surface area contributed by atoms with E-state index in [2.05, 4.69) is 102 Å². The Hall–Kier alpha value is -8.28. The summed E-state index contributed by atoms with van der Waals surface area (Å²) in [6.45, 7) is 9.44. The zero-order valence-electron chi connectivity index (χ0n) is 43.7. The second-order valence-electron chi connectivity index (χ2n) is 20.8. The number of aliphatic hydroxyl groups is 1. The topological polar surface area (TPSA) is 241 Å². The number of nitrogens with two attached hydrogens (primary N) is 1. The second-order valence-corrected chi connectivity index (χ2v) is 21.6. The molecule has 1 saturated carbocycles. The van der Waals surface area contributed by atoms with E-state index in [1.807, 2.05) is 50.7 Å². The van der Waals surface area contributed by atoms with E-state index >= 15 is 0 Å². The first-order chi connectivity index (χ1) is 37.8. The van der Waals surface area contributed by atoms with Gasteiger partial charge in [0.05, 0.1) is 45.8 Å². The van der Waals surface area contributed by atoms with Gasteiger partial charge in [-0.25, -0.2) is 15.0 Å². The summed E-state index contributed by atoms with van der Waals surface area (Å²) in [6, 6.07) is 26.7. The van der Waals surface area contributed by atoms with Gasteiger partial charge in [0.25, 0.3) is 5.88 Å². The maximum absolute atomic E-state index is 13.5. The molecule has 11 rings (SSSR count). The molecular weight excluding hydrogens is 1010 g/mol. The van der Waals surface area contributed by atoms with Crippen LogP contribution < -0.4 is 35.1 Å². The van der Waals surface area contributed by atoms with E-state index in [1.165, 1.54) is 15.8 Å². The smallest absolute Gasteiger partial charge is 0.255 e. The molecule has 19 nitrogen and oxygen atoms in total. The third kappa shape index (κ3) is 11.1. The number of ether oxygens (including phenoxy) is 3. The molecule has 78 heavy (non-hydrogen) atoms. The summed E-state index contributed by atoms with van der Waals surface area (Å²) in [4.78, 5) is 46.4. The standard InChI is InChI=1S/C58H61N11O8S/c1-33(2)54(58(73)68-31-42(70)23-48(68)56(59)72)51-27-53(66-77-51)74-21-7-8-38-15-18-43(28-61-38)75-44-24-45(25-44)76-52-22-39(19-20-60-52)69-40-16-17-41(69)30-67(29-40)49-26-47(46-9-5-6-10-50(46)71)64-65-57(49)63-34(3)36-11-13-37(14-12-36)55-35(4)62-32-78-55/h5-6,9-15,18-20,22,26-28,32-34,40-42,44-45,48,54,70-71H,16-17,21,23-25,29-31H2,1-4H3,(H2,59,72)(H,63,65)/t34-,40+,41+,42?,44?,45?,48?,54-/m0/s1. The number of rotatable bonds is 17. The molecule has 402 valence electrons. The maximum Gasteiger partial charge on any atom is 0.255 e. The molecule has 2 unspecified atom stereocenters. The molecule has 3 aliphatic heterocycles. The van der Waals surface area contributed by atoms with Crippen LogP contribution in [0.4, 0.5) is 17.2 Å². The molecule has 4 fully saturated rings. The van der Waals surface area contributed by atoms with Crippen LogP contribution >= 0.6 is 11.3 Å². The molecule has 0 radical (unpaired) electrons. The van der Waals surface area contributed by atoms with E-state index in [0.717, 1.165) is 54.1 Å². The monoisotopic (exact) mass is 1070 g/mol. The van der Waals surface area contributed by atoms with Crippen LogP contribution in [0.2, 0.25) is 0 Å². The first kappa shape index (κ1) is 51.8. The van der Waals surface area contributed by atoms with Crippen LogP contribution in [-0.2, 0) is 9.59 Å². The predicted octanol–water partition coefficient (Wildman–Crippen LogP) is 7.70. The van der Waals surface area contributed by atoms with Crippen LogP contribution in [0.25, 0.3) is 21.7 Å². The number of thiazole rings is 1. The highest BCUT2D eigenvalue weighted by molar-refractivity contribution is 7.13. The molecule has 5 N–H and O–H groups in total. The number of hydrogen-bond acceptors (Lipinski definition) is 18. The van der Waals surface area contributed by atoms with Crippen LogP contribution in [0.5, 0.6) is 23.3 Å². The fourth-order valence-corrected chi connectivity index (χ4v) is 11.9. The molecule has 2 amide bonds. The van der Waals surface area contributed by atoms with Crippen LogP contribution in [0.3, 0.4) is 0 Å². The number of carbonyl (C=O) groups is 2. The van der Waals surface area contributed by atoms with Gasteiger partial charge in [-0.05, 0) is 91.2 Å². The van der Waals surface area contributed by atoms with Gasteiger partial charge in [0.2, 0.25) is 17.7 Å². The molecule has 7 aromatic rings. The van der Waals surface area contributed by atoms with Gasteiger partial charge in [-0.1, -0.05) is 56.2 Å². The summed E-state index contributed by atoms with van der Waals surface area (Å²) in [7, 11) is 0. The minimum atomic E-state index is -0.885. The van der Waals surface area contributed by atoms with Crippen molar-refractivity contribution in [3.63, 3.8) is 0 Å². The fraction of sp³-hybridized carbons (Fsp3) is 0.379. The molecule has 2 aromatic carbocycles. The van der Waals surface area contributed by atoms with E-state index in [4.69, 9.17) is 29.6 Å². The number of aryl methyl sites for hydroxylation is 1. The Balaban J connectivity index is 0.672. The van der Waals surface area contributed by atoms with Crippen molar-refractivity contribution in [3.05, 3.63) is 126 Å². The number of hydrogen-bond donors (Lipinski definition) is 4. The number of carbonyl (C=O) groups excluding carboxylic acids is 2. The van der Waals surface area contributed by atoms with Crippen molar-refractivity contribution < 1.29 is 38.5 Å². The van der Waals surface area contributed by atoms with Crippen LogP contribution in [0.15, 0.2) is 107 Å². The van der Waals surface area contributed by atoms with Crippen molar-refractivity contribution in [2.75, 3.05) is 41.4 Å². The zero-order valence-corrected chi connectivity index (χ0v) is 44.5. The molecule has 20 heteroatoms. The quantitative estimate of drug-likeness (QED) is 0.0639.